The highest BCUT2D eigenvalue weighted by Crippen LogP contribution is 2.24. The molecule has 2 N–H and O–H groups in total. The predicted molar refractivity (Wildman–Crippen MR) is 130 cm³/mol. The van der Waals surface area contributed by atoms with Gasteiger partial charge in [0.05, 0.1) is 27.0 Å². The fraction of sp³-hybridized carbons (Fsp3) is 0. The van der Waals surface area contributed by atoms with Gasteiger partial charge in [0.2, 0.25) is 10.0 Å². The van der Waals surface area contributed by atoms with Crippen molar-refractivity contribution in [3.05, 3.63) is 103 Å². The van der Waals surface area contributed by atoms with Crippen molar-refractivity contribution < 1.29 is 8.42 Å². The molecule has 156 valence electrons. The number of aromatic nitrogens is 2. The summed E-state index contributed by atoms with van der Waals surface area (Å²) >= 11 is 0. The monoisotopic (exact) mass is 437 g/mol. The van der Waals surface area contributed by atoms with E-state index >= 15 is 0 Å². The van der Waals surface area contributed by atoms with Gasteiger partial charge in [-0.25, -0.2) is 23.5 Å². The van der Waals surface area contributed by atoms with Crippen molar-refractivity contribution in [2.45, 2.75) is 4.90 Å². The summed E-state index contributed by atoms with van der Waals surface area (Å²) < 4.78 is 23.1. The lowest BCUT2D eigenvalue weighted by molar-refractivity contribution is 0.598. The Morgan fingerprint density at radius 1 is 0.531 bits per heavy atom. The number of nitrogens with two attached hydrogens (primary N) is 1. The third-order valence-electron chi connectivity index (χ3n) is 5.25. The van der Waals surface area contributed by atoms with Gasteiger partial charge in [-0.15, -0.1) is 0 Å². The summed E-state index contributed by atoms with van der Waals surface area (Å²) in [6.07, 6.45) is 0. The van der Waals surface area contributed by atoms with Crippen molar-refractivity contribution in [1.82, 2.24) is 9.97 Å². The van der Waals surface area contributed by atoms with Crippen LogP contribution in [0.4, 0.5) is 0 Å². The number of fused-ring (bicyclic) bond motifs is 4. The maximum atomic E-state index is 11.5. The van der Waals surface area contributed by atoms with E-state index in [0.717, 1.165) is 21.9 Å². The molecule has 32 heavy (non-hydrogen) atoms. The highest BCUT2D eigenvalue weighted by molar-refractivity contribution is 7.89. The highest BCUT2D eigenvalue weighted by Gasteiger charge is 2.13. The van der Waals surface area contributed by atoms with E-state index in [9.17, 15) is 8.42 Å². The number of primary sulfonamides is 1. The zero-order chi connectivity index (χ0) is 22.1. The fourth-order valence-electron chi connectivity index (χ4n) is 3.74. The second kappa shape index (κ2) is 8.00. The molecule has 6 heteroatoms. The van der Waals surface area contributed by atoms with Crippen LogP contribution in [0.3, 0.4) is 0 Å². The molecule has 0 aliphatic rings. The van der Waals surface area contributed by atoms with Crippen LogP contribution in [0.1, 0.15) is 0 Å². The largest absolute Gasteiger partial charge is 0.248 e. The number of rotatable bonds is 1. The number of pyridine rings is 2. The van der Waals surface area contributed by atoms with Gasteiger partial charge in [-0.3, -0.25) is 0 Å². The average Bonchev–Trinajstić information content (AvgIpc) is 2.80. The van der Waals surface area contributed by atoms with E-state index in [2.05, 4.69) is 28.2 Å². The van der Waals surface area contributed by atoms with Gasteiger partial charge in [-0.1, -0.05) is 60.7 Å². The maximum absolute atomic E-state index is 11.5. The van der Waals surface area contributed by atoms with Gasteiger partial charge < -0.3 is 0 Å². The number of nitrogens with zero attached hydrogens (tertiary/aromatic N) is 2. The molecule has 4 aromatic carbocycles. The second-order valence-corrected chi connectivity index (χ2v) is 8.95. The lowest BCUT2D eigenvalue weighted by atomic mass is 10.1. The van der Waals surface area contributed by atoms with E-state index < -0.39 is 10.0 Å². The van der Waals surface area contributed by atoms with Crippen LogP contribution in [-0.2, 0) is 10.0 Å². The third-order valence-corrected chi connectivity index (χ3v) is 6.22. The number of sulfonamides is 1. The number of hydrogen-bond acceptors (Lipinski definition) is 4. The zero-order valence-corrected chi connectivity index (χ0v) is 17.8. The van der Waals surface area contributed by atoms with Crippen LogP contribution in [0, 0.1) is 0 Å². The summed E-state index contributed by atoms with van der Waals surface area (Å²) in [6.45, 7) is 0. The first-order valence-electron chi connectivity index (χ1n) is 10.0. The van der Waals surface area contributed by atoms with E-state index in [-0.39, 0.29) is 4.90 Å². The number of hydrogen-bond donors (Lipinski definition) is 1. The molecule has 0 radical (unpaired) electrons. The van der Waals surface area contributed by atoms with Crippen LogP contribution in [-0.4, -0.2) is 18.4 Å². The Morgan fingerprint density at radius 3 is 1.50 bits per heavy atom. The molecule has 0 bridgehead atoms. The smallest absolute Gasteiger partial charge is 0.238 e. The Bertz CT molecular complexity index is 1610. The molecule has 0 amide bonds. The van der Waals surface area contributed by atoms with Crippen LogP contribution >= 0.6 is 0 Å². The summed E-state index contributed by atoms with van der Waals surface area (Å²) in [7, 11) is -3.74. The normalized spacial score (nSPS) is 11.5. The molecule has 0 spiro atoms. The summed E-state index contributed by atoms with van der Waals surface area (Å²) in [5.74, 6) is 0. The van der Waals surface area contributed by atoms with Gasteiger partial charge in [0, 0.05) is 21.5 Å². The van der Waals surface area contributed by atoms with E-state index in [1.807, 2.05) is 60.7 Å². The lowest BCUT2D eigenvalue weighted by Crippen LogP contribution is -2.12. The maximum Gasteiger partial charge on any atom is 0.238 e. The van der Waals surface area contributed by atoms with Crippen LogP contribution in [0.2, 0.25) is 0 Å². The highest BCUT2D eigenvalue weighted by atomic mass is 32.2. The molecule has 0 atom stereocenters. The first-order valence-corrected chi connectivity index (χ1v) is 11.6. The van der Waals surface area contributed by atoms with E-state index in [0.29, 0.717) is 10.9 Å². The van der Waals surface area contributed by atoms with Gasteiger partial charge in [0.25, 0.3) is 0 Å². The van der Waals surface area contributed by atoms with Gasteiger partial charge in [-0.05, 0) is 42.5 Å². The molecule has 0 saturated carbocycles. The van der Waals surface area contributed by atoms with Crippen molar-refractivity contribution in [3.8, 4) is 0 Å². The minimum atomic E-state index is -3.74. The quantitative estimate of drug-likeness (QED) is 0.348. The summed E-state index contributed by atoms with van der Waals surface area (Å²) in [4.78, 5) is 9.12. The molecule has 0 aliphatic heterocycles. The Hall–Kier alpha value is -3.87. The van der Waals surface area contributed by atoms with Crippen molar-refractivity contribution in [2.24, 2.45) is 5.14 Å². The van der Waals surface area contributed by atoms with Crippen LogP contribution in [0.5, 0.6) is 0 Å². The molecule has 0 fully saturated rings. The first-order chi connectivity index (χ1) is 15.5. The molecular formula is C26H19N3O2S. The molecule has 6 rings (SSSR count). The van der Waals surface area contributed by atoms with Crippen molar-refractivity contribution >= 4 is 53.6 Å². The van der Waals surface area contributed by atoms with Gasteiger partial charge in [0.1, 0.15) is 0 Å². The summed E-state index contributed by atoms with van der Waals surface area (Å²) in [5, 5.41) is 9.06. The minimum absolute atomic E-state index is 0.109. The first kappa shape index (κ1) is 20.1. The van der Waals surface area contributed by atoms with Gasteiger partial charge in [0.15, 0.2) is 0 Å². The Kier molecular flexibility index (Phi) is 5.01. The van der Waals surface area contributed by atoms with Crippen molar-refractivity contribution in [2.75, 3.05) is 0 Å². The van der Waals surface area contributed by atoms with E-state index in [4.69, 9.17) is 5.14 Å². The van der Waals surface area contributed by atoms with Crippen molar-refractivity contribution in [3.63, 3.8) is 0 Å². The Morgan fingerprint density at radius 2 is 0.969 bits per heavy atom. The minimum Gasteiger partial charge on any atom is -0.248 e. The van der Waals surface area contributed by atoms with Crippen LogP contribution in [0.15, 0.2) is 108 Å². The molecular weight excluding hydrogens is 418 g/mol. The van der Waals surface area contributed by atoms with Crippen LogP contribution in [0.25, 0.3) is 43.6 Å². The van der Waals surface area contributed by atoms with E-state index in [1.54, 1.807) is 18.2 Å². The molecule has 0 unspecified atom stereocenters. The van der Waals surface area contributed by atoms with Crippen molar-refractivity contribution in [1.29, 1.82) is 0 Å². The zero-order valence-electron chi connectivity index (χ0n) is 17.0. The molecule has 0 saturated heterocycles. The second-order valence-electron chi connectivity index (χ2n) is 7.42. The summed E-state index contributed by atoms with van der Waals surface area (Å²) in [5.41, 5.74) is 3.58. The average molecular weight is 438 g/mol. The molecule has 5 nitrogen and oxygen atoms in total. The SMILES string of the molecule is NS(=O)(=O)c1cccc2nc3ccccc3cc12.c1ccc2nc3ccccc3cc2c1. The molecule has 2 aromatic heterocycles. The van der Waals surface area contributed by atoms with Gasteiger partial charge in [-0.2, -0.15) is 0 Å². The molecule has 0 aliphatic carbocycles. The van der Waals surface area contributed by atoms with Gasteiger partial charge >= 0.3 is 0 Å². The Labute approximate surface area is 185 Å². The standard InChI is InChI=1S/C13H10N2O2S.C13H9N/c14-18(16,17)13-7-3-6-12-10(13)8-9-4-1-2-5-11(9)15-12;1-3-7-12-10(5-1)9-11-6-2-4-8-13(11)14-12/h1-8H,(H2,14,16,17);1-9H. The summed E-state index contributed by atoms with van der Waals surface area (Å²) in [6, 6.07) is 32.8. The third kappa shape index (κ3) is 3.89. The molecule has 6 aromatic rings. The number of benzene rings is 4. The fourth-order valence-corrected chi connectivity index (χ4v) is 4.48. The van der Waals surface area contributed by atoms with Crippen LogP contribution < -0.4 is 5.14 Å². The van der Waals surface area contributed by atoms with E-state index in [1.165, 1.54) is 16.8 Å². The lowest BCUT2D eigenvalue weighted by Gasteiger charge is -2.05. The predicted octanol–water partition coefficient (Wildman–Crippen LogP) is 5.42. The topological polar surface area (TPSA) is 85.9 Å². The molecule has 2 heterocycles. The Balaban J connectivity index is 0.000000139. The number of para-hydroxylation sites is 3.